The summed E-state index contributed by atoms with van der Waals surface area (Å²) in [4.78, 5) is 10.8. The highest BCUT2D eigenvalue weighted by Gasteiger charge is 2.27. The van der Waals surface area contributed by atoms with Crippen LogP contribution in [0.15, 0.2) is 5.16 Å². The maximum Gasteiger partial charge on any atom is 0.320 e. The summed E-state index contributed by atoms with van der Waals surface area (Å²) in [6.45, 7) is 0.715. The molecule has 82 valence electrons. The van der Waals surface area contributed by atoms with Gasteiger partial charge in [-0.1, -0.05) is 11.8 Å². The third-order valence-electron chi connectivity index (χ3n) is 2.25. The molecule has 0 amide bonds. The van der Waals surface area contributed by atoms with Gasteiger partial charge < -0.3 is 10.4 Å². The summed E-state index contributed by atoms with van der Waals surface area (Å²) in [5.41, 5.74) is 0. The van der Waals surface area contributed by atoms with Gasteiger partial charge in [-0.15, -0.1) is 10.2 Å². The first-order valence-electron chi connectivity index (χ1n) is 4.62. The number of hydrogen-bond acceptors (Lipinski definition) is 6. The van der Waals surface area contributed by atoms with Crippen LogP contribution in [0.3, 0.4) is 0 Å². The molecule has 1 saturated heterocycles. The summed E-state index contributed by atoms with van der Waals surface area (Å²) in [5, 5.41) is 26.1. The molecule has 8 heteroatoms. The number of hydrogen-bond donors (Lipinski definition) is 3. The number of aromatic nitrogens is 4. The highest BCUT2D eigenvalue weighted by molar-refractivity contribution is 7.99. The van der Waals surface area contributed by atoms with Crippen LogP contribution < -0.4 is 5.32 Å². The Bertz CT molecular complexity index is 330. The molecular weight excluding hydrogens is 218 g/mol. The third kappa shape index (κ3) is 2.66. The number of nitrogens with one attached hydrogen (secondary N) is 2. The van der Waals surface area contributed by atoms with E-state index in [-0.39, 0.29) is 5.25 Å². The number of aliphatic carboxylic acids is 1. The fourth-order valence-corrected chi connectivity index (χ4v) is 2.53. The standard InChI is InChI=1S/C7H11N5O2S/c13-6(14)5-3-4(1-2-8-5)15-7-9-11-12-10-7/h4-5,8H,1-3H2,(H,13,14)(H,9,10,11,12)/t4-,5+/m0/s1. The zero-order valence-corrected chi connectivity index (χ0v) is 8.70. The quantitative estimate of drug-likeness (QED) is 0.641. The fraction of sp³-hybridized carbons (Fsp3) is 0.714. The van der Waals surface area contributed by atoms with E-state index < -0.39 is 12.0 Å². The summed E-state index contributed by atoms with van der Waals surface area (Å²) in [6.07, 6.45) is 1.51. The number of carboxylic acid groups (broad SMARTS) is 1. The number of nitrogens with zero attached hydrogens (tertiary/aromatic N) is 3. The number of piperidine rings is 1. The lowest BCUT2D eigenvalue weighted by Crippen LogP contribution is -2.44. The van der Waals surface area contributed by atoms with Gasteiger partial charge in [0.15, 0.2) is 0 Å². The summed E-state index contributed by atoms with van der Waals surface area (Å²) in [5.74, 6) is -0.798. The number of thioether (sulfide) groups is 1. The van der Waals surface area contributed by atoms with E-state index in [0.717, 1.165) is 6.42 Å². The average Bonchev–Trinajstić information content (AvgIpc) is 2.71. The number of carbonyl (C=O) groups is 1. The van der Waals surface area contributed by atoms with Gasteiger partial charge >= 0.3 is 5.97 Å². The monoisotopic (exact) mass is 229 g/mol. The summed E-state index contributed by atoms with van der Waals surface area (Å²) in [7, 11) is 0. The van der Waals surface area contributed by atoms with Crippen molar-refractivity contribution in [2.24, 2.45) is 0 Å². The first kappa shape index (κ1) is 10.4. The molecule has 1 aromatic heterocycles. The van der Waals surface area contributed by atoms with Crippen molar-refractivity contribution in [1.29, 1.82) is 0 Å². The Hall–Kier alpha value is -1.15. The molecule has 3 N–H and O–H groups in total. The van der Waals surface area contributed by atoms with Crippen molar-refractivity contribution in [3.8, 4) is 0 Å². The first-order valence-corrected chi connectivity index (χ1v) is 5.50. The van der Waals surface area contributed by atoms with E-state index in [9.17, 15) is 4.79 Å². The second-order valence-electron chi connectivity index (χ2n) is 3.30. The Morgan fingerprint density at radius 2 is 2.47 bits per heavy atom. The van der Waals surface area contributed by atoms with Crippen LogP contribution in [0.5, 0.6) is 0 Å². The van der Waals surface area contributed by atoms with E-state index >= 15 is 0 Å². The molecule has 15 heavy (non-hydrogen) atoms. The van der Waals surface area contributed by atoms with Crippen LogP contribution in [0.1, 0.15) is 12.8 Å². The van der Waals surface area contributed by atoms with Crippen LogP contribution in [0.25, 0.3) is 0 Å². The molecule has 0 unspecified atom stereocenters. The number of rotatable bonds is 3. The molecule has 0 bridgehead atoms. The van der Waals surface area contributed by atoms with E-state index in [1.54, 1.807) is 0 Å². The van der Waals surface area contributed by atoms with E-state index in [0.29, 0.717) is 18.1 Å². The Balaban J connectivity index is 1.90. The molecule has 1 fully saturated rings. The molecule has 0 radical (unpaired) electrons. The second kappa shape index (κ2) is 4.58. The third-order valence-corrected chi connectivity index (χ3v) is 3.40. The molecule has 0 aromatic carbocycles. The van der Waals surface area contributed by atoms with Gasteiger partial charge in [0.1, 0.15) is 6.04 Å². The van der Waals surface area contributed by atoms with Crippen molar-refractivity contribution in [1.82, 2.24) is 25.9 Å². The van der Waals surface area contributed by atoms with Crippen molar-refractivity contribution in [3.05, 3.63) is 0 Å². The highest BCUT2D eigenvalue weighted by Crippen LogP contribution is 2.27. The smallest absolute Gasteiger partial charge is 0.320 e. The van der Waals surface area contributed by atoms with Gasteiger partial charge in [-0.2, -0.15) is 5.21 Å². The zero-order valence-electron chi connectivity index (χ0n) is 7.88. The van der Waals surface area contributed by atoms with E-state index in [1.807, 2.05) is 0 Å². The van der Waals surface area contributed by atoms with Gasteiger partial charge in [0, 0.05) is 5.25 Å². The van der Waals surface area contributed by atoms with Crippen molar-refractivity contribution in [2.45, 2.75) is 29.3 Å². The van der Waals surface area contributed by atoms with Gasteiger partial charge in [-0.3, -0.25) is 4.79 Å². The summed E-state index contributed by atoms with van der Waals surface area (Å²) in [6, 6.07) is -0.455. The molecule has 2 atom stereocenters. The van der Waals surface area contributed by atoms with Gasteiger partial charge in [0.2, 0.25) is 5.16 Å². The molecular formula is C7H11N5O2S. The SMILES string of the molecule is O=C(O)[C@H]1C[C@@H](Sc2nn[nH]n2)CCN1. The zero-order chi connectivity index (χ0) is 10.7. The van der Waals surface area contributed by atoms with Crippen LogP contribution in [0, 0.1) is 0 Å². The Kier molecular flexibility index (Phi) is 3.17. The van der Waals surface area contributed by atoms with Crippen molar-refractivity contribution in [3.63, 3.8) is 0 Å². The normalized spacial score (nSPS) is 26.4. The number of aromatic amines is 1. The maximum atomic E-state index is 10.8. The molecule has 7 nitrogen and oxygen atoms in total. The largest absolute Gasteiger partial charge is 0.480 e. The van der Waals surface area contributed by atoms with Gasteiger partial charge in [0.05, 0.1) is 0 Å². The lowest BCUT2D eigenvalue weighted by molar-refractivity contribution is -0.140. The van der Waals surface area contributed by atoms with Crippen LogP contribution in [-0.4, -0.2) is 49.5 Å². The lowest BCUT2D eigenvalue weighted by Gasteiger charge is -2.26. The molecule has 2 heterocycles. The van der Waals surface area contributed by atoms with Gasteiger partial charge in [-0.25, -0.2) is 0 Å². The van der Waals surface area contributed by atoms with E-state index in [4.69, 9.17) is 5.11 Å². The van der Waals surface area contributed by atoms with Gasteiger partial charge in [-0.05, 0) is 24.6 Å². The predicted molar refractivity (Wildman–Crippen MR) is 52.5 cm³/mol. The van der Waals surface area contributed by atoms with Crippen LogP contribution in [0.2, 0.25) is 0 Å². The van der Waals surface area contributed by atoms with E-state index in [1.165, 1.54) is 11.8 Å². The second-order valence-corrected chi connectivity index (χ2v) is 4.57. The molecule has 1 aromatic rings. The summed E-state index contributed by atoms with van der Waals surface area (Å²) < 4.78 is 0. The molecule has 2 rings (SSSR count). The first-order chi connectivity index (χ1) is 7.25. The number of H-pyrrole nitrogens is 1. The Labute approximate surface area is 90.0 Å². The van der Waals surface area contributed by atoms with Crippen LogP contribution >= 0.6 is 11.8 Å². The Morgan fingerprint density at radius 1 is 1.60 bits per heavy atom. The van der Waals surface area contributed by atoms with Crippen molar-refractivity contribution < 1.29 is 9.90 Å². The minimum absolute atomic E-state index is 0.241. The van der Waals surface area contributed by atoms with Crippen LogP contribution in [-0.2, 0) is 4.79 Å². The van der Waals surface area contributed by atoms with E-state index in [2.05, 4.69) is 25.9 Å². The number of tetrazole rings is 1. The molecule has 0 aliphatic carbocycles. The predicted octanol–water partition coefficient (Wildman–Crippen LogP) is -0.503. The molecule has 0 saturated carbocycles. The summed E-state index contributed by atoms with van der Waals surface area (Å²) >= 11 is 1.47. The van der Waals surface area contributed by atoms with Gasteiger partial charge in [0.25, 0.3) is 0 Å². The molecule has 1 aliphatic heterocycles. The maximum absolute atomic E-state index is 10.8. The van der Waals surface area contributed by atoms with Crippen LogP contribution in [0.4, 0.5) is 0 Å². The lowest BCUT2D eigenvalue weighted by atomic mass is 10.1. The Morgan fingerprint density at radius 3 is 3.13 bits per heavy atom. The van der Waals surface area contributed by atoms with Crippen molar-refractivity contribution >= 4 is 17.7 Å². The number of carboxylic acids is 1. The highest BCUT2D eigenvalue weighted by atomic mass is 32.2. The fourth-order valence-electron chi connectivity index (χ4n) is 1.53. The molecule has 0 spiro atoms. The minimum atomic E-state index is -0.798. The average molecular weight is 229 g/mol. The molecule has 1 aliphatic rings. The minimum Gasteiger partial charge on any atom is -0.480 e. The van der Waals surface area contributed by atoms with Crippen molar-refractivity contribution in [2.75, 3.05) is 6.54 Å². The topological polar surface area (TPSA) is 104 Å².